The maximum absolute atomic E-state index is 5.16. The van der Waals surface area contributed by atoms with E-state index in [1.165, 1.54) is 22.3 Å². The molecule has 0 aliphatic rings. The third kappa shape index (κ3) is 6.92. The Hall–Kier alpha value is -3.92. The standard InChI is InChI=1S/C38H46N4/c1-23(2)29-15-11-16-30(24(3)4)37(29)39-27(9)33-19-13-21-35(41-33)36-22-14-20-34(42-36)28(10)40-38-31(25(5)6)17-12-18-32(38)26(7)8/h11-26H,1-10H3. The Kier molecular flexibility index (Phi) is 9.88. The molecule has 42 heavy (non-hydrogen) atoms. The molecule has 0 radical (unpaired) electrons. The highest BCUT2D eigenvalue weighted by atomic mass is 14.9. The SMILES string of the molecule is CC(=Nc1c(C(C)C)cccc1C(C)C)c1cccc(-c2cccc(C(C)=Nc3c(C(C)C)cccc3C(C)C)n2)n1. The van der Waals surface area contributed by atoms with Crippen LogP contribution in [0, 0.1) is 0 Å². The molecule has 0 amide bonds. The van der Waals surface area contributed by atoms with Crippen molar-refractivity contribution in [1.29, 1.82) is 0 Å². The van der Waals surface area contributed by atoms with Crippen molar-refractivity contribution in [3.05, 3.63) is 106 Å². The highest BCUT2D eigenvalue weighted by Gasteiger charge is 2.16. The van der Waals surface area contributed by atoms with Crippen LogP contribution in [0.1, 0.15) is 127 Å². The summed E-state index contributed by atoms with van der Waals surface area (Å²) in [5, 5.41) is 0. The zero-order valence-electron chi connectivity index (χ0n) is 27.0. The second kappa shape index (κ2) is 13.4. The Morgan fingerprint density at radius 2 is 0.738 bits per heavy atom. The minimum atomic E-state index is 0.385. The summed E-state index contributed by atoms with van der Waals surface area (Å²) < 4.78 is 0. The van der Waals surface area contributed by atoms with Crippen molar-refractivity contribution in [3.8, 4) is 11.4 Å². The van der Waals surface area contributed by atoms with E-state index in [0.29, 0.717) is 23.7 Å². The molecule has 4 heteroatoms. The first-order chi connectivity index (χ1) is 20.0. The van der Waals surface area contributed by atoms with Crippen LogP contribution in [-0.2, 0) is 0 Å². The van der Waals surface area contributed by atoms with Crippen LogP contribution in [0.3, 0.4) is 0 Å². The predicted molar refractivity (Wildman–Crippen MR) is 180 cm³/mol. The molecule has 0 aliphatic heterocycles. The van der Waals surface area contributed by atoms with Gasteiger partial charge in [-0.05, 0) is 84.0 Å². The second-order valence-electron chi connectivity index (χ2n) is 12.4. The number of hydrogen-bond donors (Lipinski definition) is 0. The lowest BCUT2D eigenvalue weighted by molar-refractivity contribution is 0.834. The topological polar surface area (TPSA) is 50.5 Å². The quantitative estimate of drug-likeness (QED) is 0.192. The first-order valence-corrected chi connectivity index (χ1v) is 15.3. The van der Waals surface area contributed by atoms with Gasteiger partial charge in [0.1, 0.15) is 0 Å². The summed E-state index contributed by atoms with van der Waals surface area (Å²) in [4.78, 5) is 20.3. The number of pyridine rings is 2. The maximum Gasteiger partial charge on any atom is 0.0894 e. The summed E-state index contributed by atoms with van der Waals surface area (Å²) in [6.45, 7) is 21.9. The van der Waals surface area contributed by atoms with Gasteiger partial charge in [-0.15, -0.1) is 0 Å². The molecule has 0 saturated carbocycles. The van der Waals surface area contributed by atoms with Crippen molar-refractivity contribution in [2.75, 3.05) is 0 Å². The van der Waals surface area contributed by atoms with Crippen LogP contribution in [0.5, 0.6) is 0 Å². The Morgan fingerprint density at radius 3 is 1.02 bits per heavy atom. The molecule has 0 bridgehead atoms. The van der Waals surface area contributed by atoms with E-state index in [0.717, 1.165) is 45.6 Å². The van der Waals surface area contributed by atoms with Crippen molar-refractivity contribution < 1.29 is 0 Å². The number of para-hydroxylation sites is 2. The van der Waals surface area contributed by atoms with Crippen molar-refractivity contribution >= 4 is 22.8 Å². The lowest BCUT2D eigenvalue weighted by atomic mass is 9.93. The van der Waals surface area contributed by atoms with E-state index in [1.807, 2.05) is 50.2 Å². The summed E-state index contributed by atoms with van der Waals surface area (Å²) in [5.41, 5.74) is 12.3. The Morgan fingerprint density at radius 1 is 0.452 bits per heavy atom. The summed E-state index contributed by atoms with van der Waals surface area (Å²) >= 11 is 0. The Balaban J connectivity index is 1.73. The summed E-state index contributed by atoms with van der Waals surface area (Å²) in [6, 6.07) is 25.2. The first kappa shape index (κ1) is 31.0. The first-order valence-electron chi connectivity index (χ1n) is 15.3. The van der Waals surface area contributed by atoms with E-state index in [2.05, 4.69) is 91.8 Å². The van der Waals surface area contributed by atoms with E-state index >= 15 is 0 Å². The van der Waals surface area contributed by atoms with Gasteiger partial charge in [0.2, 0.25) is 0 Å². The number of hydrogen-bond acceptors (Lipinski definition) is 4. The van der Waals surface area contributed by atoms with Gasteiger partial charge in [0, 0.05) is 0 Å². The van der Waals surface area contributed by atoms with Gasteiger partial charge in [-0.1, -0.05) is 104 Å². The number of nitrogens with zero attached hydrogens (tertiary/aromatic N) is 4. The number of rotatable bonds is 9. The minimum Gasteiger partial charge on any atom is -0.251 e. The third-order valence-electron chi connectivity index (χ3n) is 7.75. The zero-order chi connectivity index (χ0) is 30.6. The van der Waals surface area contributed by atoms with Crippen LogP contribution in [0.15, 0.2) is 82.8 Å². The van der Waals surface area contributed by atoms with Crippen LogP contribution in [0.4, 0.5) is 11.4 Å². The molecule has 2 aromatic carbocycles. The summed E-state index contributed by atoms with van der Waals surface area (Å²) in [7, 11) is 0. The van der Waals surface area contributed by atoms with E-state index in [-0.39, 0.29) is 0 Å². The second-order valence-corrected chi connectivity index (χ2v) is 12.4. The molecule has 0 unspecified atom stereocenters. The van der Waals surface area contributed by atoms with Gasteiger partial charge in [-0.3, -0.25) is 9.98 Å². The molecule has 218 valence electrons. The number of benzene rings is 2. The van der Waals surface area contributed by atoms with Crippen molar-refractivity contribution in [3.63, 3.8) is 0 Å². The van der Waals surface area contributed by atoms with E-state index in [4.69, 9.17) is 20.0 Å². The van der Waals surface area contributed by atoms with Crippen LogP contribution >= 0.6 is 0 Å². The van der Waals surface area contributed by atoms with Crippen molar-refractivity contribution in [2.45, 2.75) is 92.9 Å². The van der Waals surface area contributed by atoms with Gasteiger partial charge < -0.3 is 0 Å². The molecular weight excluding hydrogens is 512 g/mol. The average molecular weight is 559 g/mol. The van der Waals surface area contributed by atoms with E-state index in [1.54, 1.807) is 0 Å². The predicted octanol–water partition coefficient (Wildman–Crippen LogP) is 10.9. The molecule has 0 saturated heterocycles. The molecule has 0 aliphatic carbocycles. The smallest absolute Gasteiger partial charge is 0.0894 e. The fourth-order valence-electron chi connectivity index (χ4n) is 5.29. The molecule has 0 atom stereocenters. The lowest BCUT2D eigenvalue weighted by Gasteiger charge is -2.17. The monoisotopic (exact) mass is 558 g/mol. The molecule has 4 rings (SSSR count). The van der Waals surface area contributed by atoms with Crippen molar-refractivity contribution in [1.82, 2.24) is 9.97 Å². The highest BCUT2D eigenvalue weighted by molar-refractivity contribution is 6.00. The van der Waals surface area contributed by atoms with Crippen LogP contribution in [0.2, 0.25) is 0 Å². The van der Waals surface area contributed by atoms with Crippen LogP contribution < -0.4 is 0 Å². The average Bonchev–Trinajstić information content (AvgIpc) is 2.96. The zero-order valence-corrected chi connectivity index (χ0v) is 27.0. The van der Waals surface area contributed by atoms with E-state index < -0.39 is 0 Å². The van der Waals surface area contributed by atoms with Gasteiger partial charge in [-0.2, -0.15) is 0 Å². The highest BCUT2D eigenvalue weighted by Crippen LogP contribution is 2.36. The molecule has 0 spiro atoms. The summed E-state index contributed by atoms with van der Waals surface area (Å²) in [6.07, 6.45) is 0. The Labute approximate surface area is 253 Å². The fraction of sp³-hybridized carbons (Fsp3) is 0.368. The van der Waals surface area contributed by atoms with E-state index in [9.17, 15) is 0 Å². The molecule has 4 nitrogen and oxygen atoms in total. The van der Waals surface area contributed by atoms with Crippen LogP contribution in [-0.4, -0.2) is 21.4 Å². The van der Waals surface area contributed by atoms with Gasteiger partial charge in [0.05, 0.1) is 45.6 Å². The molecule has 2 aromatic heterocycles. The number of aromatic nitrogens is 2. The third-order valence-corrected chi connectivity index (χ3v) is 7.75. The van der Waals surface area contributed by atoms with Gasteiger partial charge in [0.15, 0.2) is 0 Å². The molecular formula is C38H46N4. The maximum atomic E-state index is 5.16. The lowest BCUT2D eigenvalue weighted by Crippen LogP contribution is -2.04. The molecule has 0 fully saturated rings. The number of aliphatic imine (C=N–C) groups is 2. The molecule has 4 aromatic rings. The van der Waals surface area contributed by atoms with Gasteiger partial charge >= 0.3 is 0 Å². The Bertz CT molecular complexity index is 1430. The normalized spacial score (nSPS) is 12.7. The van der Waals surface area contributed by atoms with Crippen LogP contribution in [0.25, 0.3) is 11.4 Å². The fourth-order valence-corrected chi connectivity index (χ4v) is 5.29. The molecule has 0 N–H and O–H groups in total. The molecule has 2 heterocycles. The largest absolute Gasteiger partial charge is 0.251 e. The minimum absolute atomic E-state index is 0.385. The van der Waals surface area contributed by atoms with Crippen molar-refractivity contribution in [2.24, 2.45) is 9.98 Å². The summed E-state index contributed by atoms with van der Waals surface area (Å²) in [5.74, 6) is 1.54. The van der Waals surface area contributed by atoms with Gasteiger partial charge in [0.25, 0.3) is 0 Å². The van der Waals surface area contributed by atoms with Gasteiger partial charge in [-0.25, -0.2) is 9.97 Å².